The van der Waals surface area contributed by atoms with Crippen molar-refractivity contribution in [3.63, 3.8) is 0 Å². The zero-order valence-electron chi connectivity index (χ0n) is 12.7. The highest BCUT2D eigenvalue weighted by Gasteiger charge is 2.43. The Labute approximate surface area is 137 Å². The zero-order valence-corrected chi connectivity index (χ0v) is 12.7. The first-order chi connectivity index (χ1) is 11.7. The quantitative estimate of drug-likeness (QED) is 0.655. The molecule has 7 nitrogen and oxygen atoms in total. The molecular weight excluding hydrogens is 310 g/mol. The molecule has 0 saturated carbocycles. The molecule has 0 unspecified atom stereocenters. The maximum absolute atomic E-state index is 10.2. The highest BCUT2D eigenvalue weighted by atomic mass is 16.6. The fraction of sp³-hybridized carbons (Fsp3) is 0.294. The van der Waals surface area contributed by atoms with Crippen molar-refractivity contribution in [2.75, 3.05) is 6.61 Å². The van der Waals surface area contributed by atoms with Gasteiger partial charge in [0.15, 0.2) is 6.23 Å². The average molecular weight is 327 g/mol. The molecule has 0 amide bonds. The number of aliphatic hydroxyl groups excluding tert-OH is 3. The molecule has 1 saturated heterocycles. The number of imidazole rings is 1. The van der Waals surface area contributed by atoms with Crippen LogP contribution in [-0.4, -0.2) is 54.8 Å². The Hall–Kier alpha value is -2.32. The van der Waals surface area contributed by atoms with Crippen LogP contribution < -0.4 is 0 Å². The summed E-state index contributed by atoms with van der Waals surface area (Å²) in [4.78, 5) is 8.44. The van der Waals surface area contributed by atoms with Gasteiger partial charge < -0.3 is 24.6 Å². The van der Waals surface area contributed by atoms with Crippen molar-refractivity contribution in [3.8, 4) is 11.1 Å². The van der Waals surface area contributed by atoms with Gasteiger partial charge in [0.1, 0.15) is 18.3 Å². The van der Waals surface area contributed by atoms with Crippen molar-refractivity contribution in [1.82, 2.24) is 14.5 Å². The van der Waals surface area contributed by atoms with Crippen LogP contribution in [0.2, 0.25) is 0 Å². The Balaban J connectivity index is 1.77. The third-order valence-electron chi connectivity index (χ3n) is 4.36. The summed E-state index contributed by atoms with van der Waals surface area (Å²) in [5, 5.41) is 29.4. The van der Waals surface area contributed by atoms with E-state index in [4.69, 9.17) is 4.74 Å². The molecule has 0 bridgehead atoms. The predicted molar refractivity (Wildman–Crippen MR) is 86.0 cm³/mol. The topological polar surface area (TPSA) is 101 Å². The number of hydrogen-bond donors (Lipinski definition) is 3. The normalized spacial score (nSPS) is 27.0. The lowest BCUT2D eigenvalue weighted by Gasteiger charge is -2.17. The first-order valence-corrected chi connectivity index (χ1v) is 7.68. The minimum Gasteiger partial charge on any atom is -0.394 e. The highest BCUT2D eigenvalue weighted by Crippen LogP contribution is 2.33. The van der Waals surface area contributed by atoms with Crippen LogP contribution in [-0.2, 0) is 4.74 Å². The Kier molecular flexibility index (Phi) is 3.78. The van der Waals surface area contributed by atoms with E-state index in [1.807, 2.05) is 30.3 Å². The SMILES string of the molecule is OC[C@H]1O[C@@H](n2cnc3ccc(-c4cccnc4)cc32)[C@H](O)[C@@H]1O. The molecule has 24 heavy (non-hydrogen) atoms. The zero-order chi connectivity index (χ0) is 16.7. The Morgan fingerprint density at radius 2 is 2.00 bits per heavy atom. The number of fused-ring (bicyclic) bond motifs is 1. The van der Waals surface area contributed by atoms with E-state index in [0.717, 1.165) is 22.2 Å². The lowest BCUT2D eigenvalue weighted by atomic mass is 10.1. The summed E-state index contributed by atoms with van der Waals surface area (Å²) in [6.07, 6.45) is 1.16. The number of aromatic nitrogens is 3. The van der Waals surface area contributed by atoms with Crippen molar-refractivity contribution in [1.29, 1.82) is 0 Å². The molecule has 1 aromatic carbocycles. The molecule has 0 spiro atoms. The van der Waals surface area contributed by atoms with Gasteiger partial charge in [-0.1, -0.05) is 12.1 Å². The number of aliphatic hydroxyl groups is 3. The summed E-state index contributed by atoms with van der Waals surface area (Å²) in [7, 11) is 0. The van der Waals surface area contributed by atoms with Gasteiger partial charge in [0.2, 0.25) is 0 Å². The summed E-state index contributed by atoms with van der Waals surface area (Å²) in [5.41, 5.74) is 3.45. The van der Waals surface area contributed by atoms with Gasteiger partial charge in [-0.2, -0.15) is 0 Å². The van der Waals surface area contributed by atoms with Gasteiger partial charge in [-0.25, -0.2) is 4.98 Å². The van der Waals surface area contributed by atoms with Crippen molar-refractivity contribution in [2.45, 2.75) is 24.5 Å². The standard InChI is InChI=1S/C17H17N3O4/c21-8-14-15(22)16(23)17(24-14)20-9-19-12-4-3-10(6-13(12)20)11-2-1-5-18-7-11/h1-7,9,14-17,21-23H,8H2/t14-,15-,16-,17-/m1/s1. The largest absolute Gasteiger partial charge is 0.394 e. The molecule has 0 aliphatic carbocycles. The fourth-order valence-corrected chi connectivity index (χ4v) is 3.05. The number of ether oxygens (including phenoxy) is 1. The lowest BCUT2D eigenvalue weighted by Crippen LogP contribution is -2.33. The molecule has 1 fully saturated rings. The summed E-state index contributed by atoms with van der Waals surface area (Å²) >= 11 is 0. The summed E-state index contributed by atoms with van der Waals surface area (Å²) in [6.45, 7) is -0.359. The smallest absolute Gasteiger partial charge is 0.164 e. The molecule has 1 aliphatic heterocycles. The maximum atomic E-state index is 10.2. The van der Waals surface area contributed by atoms with Gasteiger partial charge in [-0.3, -0.25) is 4.98 Å². The first kappa shape index (κ1) is 15.2. The molecule has 1 aliphatic rings. The molecule has 3 heterocycles. The Morgan fingerprint density at radius 3 is 2.71 bits per heavy atom. The molecule has 7 heteroatoms. The van der Waals surface area contributed by atoms with E-state index in [0.29, 0.717) is 0 Å². The van der Waals surface area contributed by atoms with Crippen LogP contribution in [0.15, 0.2) is 49.1 Å². The number of nitrogens with zero attached hydrogens (tertiary/aromatic N) is 3. The molecular formula is C17H17N3O4. The summed E-state index contributed by atoms with van der Waals surface area (Å²) < 4.78 is 7.27. The van der Waals surface area contributed by atoms with Crippen LogP contribution in [0.25, 0.3) is 22.2 Å². The maximum Gasteiger partial charge on any atom is 0.164 e. The Bertz CT molecular complexity index is 851. The van der Waals surface area contributed by atoms with Crippen molar-refractivity contribution < 1.29 is 20.1 Å². The molecule has 3 N–H and O–H groups in total. The second kappa shape index (κ2) is 5.95. The van der Waals surface area contributed by atoms with E-state index in [9.17, 15) is 15.3 Å². The molecule has 2 aromatic heterocycles. The minimum atomic E-state index is -1.14. The molecule has 124 valence electrons. The fourth-order valence-electron chi connectivity index (χ4n) is 3.05. The van der Waals surface area contributed by atoms with Crippen molar-refractivity contribution in [2.24, 2.45) is 0 Å². The van der Waals surface area contributed by atoms with Gasteiger partial charge in [0.25, 0.3) is 0 Å². The predicted octanol–water partition coefficient (Wildman–Crippen LogP) is 0.710. The van der Waals surface area contributed by atoms with E-state index >= 15 is 0 Å². The van der Waals surface area contributed by atoms with E-state index in [1.54, 1.807) is 23.3 Å². The highest BCUT2D eigenvalue weighted by molar-refractivity contribution is 5.82. The van der Waals surface area contributed by atoms with Crippen molar-refractivity contribution >= 4 is 11.0 Å². The second-order valence-corrected chi connectivity index (χ2v) is 5.83. The molecule has 3 aromatic rings. The summed E-state index contributed by atoms with van der Waals surface area (Å²) in [6, 6.07) is 9.60. The van der Waals surface area contributed by atoms with Crippen LogP contribution in [0.1, 0.15) is 6.23 Å². The first-order valence-electron chi connectivity index (χ1n) is 7.68. The third kappa shape index (κ3) is 2.38. The van der Waals surface area contributed by atoms with E-state index in [-0.39, 0.29) is 6.61 Å². The van der Waals surface area contributed by atoms with Gasteiger partial charge in [0, 0.05) is 18.0 Å². The van der Waals surface area contributed by atoms with Gasteiger partial charge >= 0.3 is 0 Å². The third-order valence-corrected chi connectivity index (χ3v) is 4.36. The second-order valence-electron chi connectivity index (χ2n) is 5.83. The van der Waals surface area contributed by atoms with Crippen LogP contribution in [0.4, 0.5) is 0 Å². The molecule has 4 rings (SSSR count). The van der Waals surface area contributed by atoms with Gasteiger partial charge in [0.05, 0.1) is 24.0 Å². The number of pyridine rings is 1. The number of rotatable bonds is 3. The van der Waals surface area contributed by atoms with Crippen LogP contribution in [0.5, 0.6) is 0 Å². The van der Waals surface area contributed by atoms with Gasteiger partial charge in [-0.05, 0) is 23.8 Å². The van der Waals surface area contributed by atoms with Crippen LogP contribution in [0, 0.1) is 0 Å². The Morgan fingerprint density at radius 1 is 1.12 bits per heavy atom. The van der Waals surface area contributed by atoms with E-state index < -0.39 is 24.5 Å². The average Bonchev–Trinajstić information content (AvgIpc) is 3.17. The van der Waals surface area contributed by atoms with Crippen LogP contribution >= 0.6 is 0 Å². The molecule has 4 atom stereocenters. The monoisotopic (exact) mass is 327 g/mol. The molecule has 0 radical (unpaired) electrons. The van der Waals surface area contributed by atoms with Gasteiger partial charge in [-0.15, -0.1) is 0 Å². The minimum absolute atomic E-state index is 0.359. The number of benzene rings is 1. The lowest BCUT2D eigenvalue weighted by molar-refractivity contribution is -0.0508. The number of hydrogen-bond acceptors (Lipinski definition) is 6. The summed E-state index contributed by atoms with van der Waals surface area (Å²) in [5.74, 6) is 0. The van der Waals surface area contributed by atoms with E-state index in [2.05, 4.69) is 9.97 Å². The van der Waals surface area contributed by atoms with Crippen LogP contribution in [0.3, 0.4) is 0 Å². The van der Waals surface area contributed by atoms with Crippen molar-refractivity contribution in [3.05, 3.63) is 49.1 Å². The van der Waals surface area contributed by atoms with E-state index in [1.165, 1.54) is 0 Å².